The van der Waals surface area contributed by atoms with Crippen LogP contribution in [0, 0.1) is 0 Å². The molecule has 0 bridgehead atoms. The second-order valence-corrected chi connectivity index (χ2v) is 13.3. The molecule has 4 N–H and O–H groups in total. The molecule has 0 saturated heterocycles. The van der Waals surface area contributed by atoms with Crippen molar-refractivity contribution in [3.63, 3.8) is 0 Å². The van der Waals surface area contributed by atoms with Crippen LogP contribution in [0.3, 0.4) is 0 Å². The zero-order valence-electron chi connectivity index (χ0n) is 33.0. The summed E-state index contributed by atoms with van der Waals surface area (Å²) < 4.78 is 5.87. The molecule has 0 rings (SSSR count). The number of aliphatic carboxylic acids is 1. The number of carbonyl (C=O) groups is 4. The lowest BCUT2D eigenvalue weighted by Gasteiger charge is -2.15. The van der Waals surface area contributed by atoms with Crippen LogP contribution in [0.25, 0.3) is 0 Å². The van der Waals surface area contributed by atoms with Gasteiger partial charge in [0, 0.05) is 12.8 Å². The maximum absolute atomic E-state index is 12.7. The van der Waals surface area contributed by atoms with E-state index < -0.39 is 24.5 Å². The molecule has 0 aromatic rings. The second kappa shape index (κ2) is 38.0. The zero-order chi connectivity index (χ0) is 39.0. The highest BCUT2D eigenvalue weighted by Crippen LogP contribution is 2.14. The minimum absolute atomic E-state index is 0.169. The molecule has 0 fully saturated rings. The highest BCUT2D eigenvalue weighted by molar-refractivity contribution is 5.87. The standard InChI is InChI=1S/C44H72N2O7/c1-3-5-7-9-11-13-14-15-16-17-18-19-20-22-24-26-32-36-43(50)53-39(33-29-25-23-21-12-10-8-6-4-2)34-30-27-28-31-35-41(48)45-37-42(49)46-40(38-47)44(51)52/h5,7,11,13,15-16,18-19,22,24,29,33,39-40,47H,3-4,6,8-10,12,14,17,20-21,23,25-28,30-32,34-38H2,1-2H3,(H,45,48)(H,46,49)(H,51,52)/b7-5-,13-11-,16-15-,19-18-,24-22-,33-29-. The number of nitrogens with one attached hydrogen (secondary N) is 2. The molecule has 0 aliphatic rings. The number of amides is 2. The van der Waals surface area contributed by atoms with Gasteiger partial charge in [-0.2, -0.15) is 0 Å². The first-order chi connectivity index (χ1) is 25.8. The number of aliphatic hydroxyl groups excluding tert-OH is 1. The van der Waals surface area contributed by atoms with Crippen molar-refractivity contribution in [2.24, 2.45) is 0 Å². The summed E-state index contributed by atoms with van der Waals surface area (Å²) in [4.78, 5) is 47.5. The highest BCUT2D eigenvalue weighted by atomic mass is 16.5. The van der Waals surface area contributed by atoms with E-state index in [1.54, 1.807) is 0 Å². The Kier molecular flexibility index (Phi) is 35.3. The molecule has 0 heterocycles. The molecule has 0 aliphatic heterocycles. The molecule has 2 atom stereocenters. The summed E-state index contributed by atoms with van der Waals surface area (Å²) in [5.74, 6) is -2.47. The van der Waals surface area contributed by atoms with Gasteiger partial charge in [0.1, 0.15) is 12.1 Å². The number of carboxylic acid groups (broad SMARTS) is 1. The Balaban J connectivity index is 4.44. The van der Waals surface area contributed by atoms with E-state index in [4.69, 9.17) is 14.9 Å². The Morgan fingerprint density at radius 2 is 1.15 bits per heavy atom. The van der Waals surface area contributed by atoms with E-state index in [1.807, 2.05) is 6.08 Å². The van der Waals surface area contributed by atoms with Crippen LogP contribution in [0.2, 0.25) is 0 Å². The van der Waals surface area contributed by atoms with Crippen LogP contribution in [0.1, 0.15) is 155 Å². The smallest absolute Gasteiger partial charge is 0.328 e. The van der Waals surface area contributed by atoms with Crippen LogP contribution in [0.15, 0.2) is 72.9 Å². The number of esters is 1. The number of hydrogen-bond acceptors (Lipinski definition) is 6. The lowest BCUT2D eigenvalue weighted by molar-refractivity contribution is -0.147. The molecule has 0 radical (unpaired) electrons. The van der Waals surface area contributed by atoms with E-state index in [2.05, 4.69) is 91.3 Å². The molecule has 0 spiro atoms. The maximum atomic E-state index is 12.7. The van der Waals surface area contributed by atoms with E-state index in [-0.39, 0.29) is 30.9 Å². The van der Waals surface area contributed by atoms with Crippen LogP contribution < -0.4 is 10.6 Å². The zero-order valence-corrected chi connectivity index (χ0v) is 33.0. The average Bonchev–Trinajstić information content (AvgIpc) is 3.14. The van der Waals surface area contributed by atoms with E-state index in [9.17, 15) is 19.2 Å². The summed E-state index contributed by atoms with van der Waals surface area (Å²) in [7, 11) is 0. The first kappa shape index (κ1) is 49.3. The van der Waals surface area contributed by atoms with Crippen LogP contribution in [-0.2, 0) is 23.9 Å². The Labute approximate surface area is 321 Å². The van der Waals surface area contributed by atoms with Crippen molar-refractivity contribution < 1.29 is 34.1 Å². The van der Waals surface area contributed by atoms with Gasteiger partial charge in [0.05, 0.1) is 13.2 Å². The van der Waals surface area contributed by atoms with Crippen molar-refractivity contribution in [1.29, 1.82) is 0 Å². The molecule has 0 aromatic carbocycles. The van der Waals surface area contributed by atoms with Gasteiger partial charge >= 0.3 is 11.9 Å². The maximum Gasteiger partial charge on any atom is 0.328 e. The third-order valence-corrected chi connectivity index (χ3v) is 8.42. The molecule has 0 saturated carbocycles. The van der Waals surface area contributed by atoms with E-state index in [0.29, 0.717) is 12.8 Å². The highest BCUT2D eigenvalue weighted by Gasteiger charge is 2.18. The minimum atomic E-state index is -1.40. The predicted octanol–water partition coefficient (Wildman–Crippen LogP) is 9.54. The molecular formula is C44H72N2O7. The normalized spacial score (nSPS) is 13.3. The average molecular weight is 741 g/mol. The largest absolute Gasteiger partial charge is 0.480 e. The third-order valence-electron chi connectivity index (χ3n) is 8.42. The number of allylic oxidation sites excluding steroid dienone is 11. The summed E-state index contributed by atoms with van der Waals surface area (Å²) >= 11 is 0. The van der Waals surface area contributed by atoms with Gasteiger partial charge in [-0.15, -0.1) is 0 Å². The van der Waals surface area contributed by atoms with Gasteiger partial charge < -0.3 is 25.6 Å². The molecule has 2 unspecified atom stereocenters. The molecule has 300 valence electrons. The Hall–Kier alpha value is -3.72. The SMILES string of the molecule is CC/C=C\C/C=C\C/C=C\C/C=C\C/C=C\CCCC(=O)OC(/C=C\CCCCCCCCC)CCCCCCC(=O)NCC(=O)NC(CO)C(=O)O. The Bertz CT molecular complexity index is 1120. The van der Waals surface area contributed by atoms with Gasteiger partial charge in [-0.1, -0.05) is 132 Å². The number of hydrogen-bond donors (Lipinski definition) is 4. The molecule has 53 heavy (non-hydrogen) atoms. The fourth-order valence-corrected chi connectivity index (χ4v) is 5.31. The van der Waals surface area contributed by atoms with Crippen molar-refractivity contribution in [3.05, 3.63) is 72.9 Å². The molecule has 9 heteroatoms. The number of carboxylic acids is 1. The second-order valence-electron chi connectivity index (χ2n) is 13.3. The van der Waals surface area contributed by atoms with E-state index in [1.165, 1.54) is 38.5 Å². The fourth-order valence-electron chi connectivity index (χ4n) is 5.31. The molecule has 0 aliphatic carbocycles. The molecule has 2 amide bonds. The van der Waals surface area contributed by atoms with Crippen LogP contribution in [0.4, 0.5) is 0 Å². The van der Waals surface area contributed by atoms with Gasteiger partial charge in [0.2, 0.25) is 11.8 Å². The Morgan fingerprint density at radius 3 is 1.75 bits per heavy atom. The summed E-state index contributed by atoms with van der Waals surface area (Å²) in [5.41, 5.74) is 0. The van der Waals surface area contributed by atoms with Crippen molar-refractivity contribution in [3.8, 4) is 0 Å². The van der Waals surface area contributed by atoms with Gasteiger partial charge in [0.25, 0.3) is 0 Å². The summed E-state index contributed by atoms with van der Waals surface area (Å²) in [6.45, 7) is 3.30. The predicted molar refractivity (Wildman–Crippen MR) is 217 cm³/mol. The lowest BCUT2D eigenvalue weighted by Crippen LogP contribution is -2.47. The van der Waals surface area contributed by atoms with Gasteiger partial charge in [0.15, 0.2) is 0 Å². The van der Waals surface area contributed by atoms with E-state index >= 15 is 0 Å². The quantitative estimate of drug-likeness (QED) is 0.0288. The van der Waals surface area contributed by atoms with Crippen molar-refractivity contribution >= 4 is 23.8 Å². The summed E-state index contributed by atoms with van der Waals surface area (Å²) in [5, 5.41) is 22.5. The van der Waals surface area contributed by atoms with Crippen molar-refractivity contribution in [1.82, 2.24) is 10.6 Å². The van der Waals surface area contributed by atoms with Crippen LogP contribution in [0.5, 0.6) is 0 Å². The number of rotatable bonds is 35. The van der Waals surface area contributed by atoms with Crippen LogP contribution >= 0.6 is 0 Å². The minimum Gasteiger partial charge on any atom is -0.480 e. The first-order valence-electron chi connectivity index (χ1n) is 20.3. The molecular weight excluding hydrogens is 668 g/mol. The third kappa shape index (κ3) is 35.1. The van der Waals surface area contributed by atoms with Crippen molar-refractivity contribution in [2.45, 2.75) is 167 Å². The number of carbonyl (C=O) groups excluding carboxylic acids is 3. The van der Waals surface area contributed by atoms with E-state index in [0.717, 1.165) is 83.5 Å². The van der Waals surface area contributed by atoms with Gasteiger partial charge in [-0.25, -0.2) is 4.79 Å². The fraction of sp³-hybridized carbons (Fsp3) is 0.636. The monoisotopic (exact) mass is 741 g/mol. The number of ether oxygens (including phenoxy) is 1. The van der Waals surface area contributed by atoms with Crippen molar-refractivity contribution in [2.75, 3.05) is 13.2 Å². The number of aliphatic hydroxyl groups is 1. The van der Waals surface area contributed by atoms with Gasteiger partial charge in [-0.3, -0.25) is 14.4 Å². The topological polar surface area (TPSA) is 142 Å². The lowest BCUT2D eigenvalue weighted by atomic mass is 10.1. The molecule has 9 nitrogen and oxygen atoms in total. The summed E-state index contributed by atoms with van der Waals surface area (Å²) in [6.07, 6.45) is 46.6. The Morgan fingerprint density at radius 1 is 0.604 bits per heavy atom. The number of unbranched alkanes of at least 4 members (excludes halogenated alkanes) is 11. The van der Waals surface area contributed by atoms with Gasteiger partial charge in [-0.05, 0) is 83.1 Å². The van der Waals surface area contributed by atoms with Crippen LogP contribution in [-0.4, -0.2) is 59.3 Å². The molecule has 0 aromatic heterocycles. The first-order valence-corrected chi connectivity index (χ1v) is 20.3. The summed E-state index contributed by atoms with van der Waals surface area (Å²) in [6, 6.07) is -1.40.